The Morgan fingerprint density at radius 2 is 1.60 bits per heavy atom. The summed E-state index contributed by atoms with van der Waals surface area (Å²) in [5.41, 5.74) is 2.85. The van der Waals surface area contributed by atoms with Crippen LogP contribution < -0.4 is 10.1 Å². The molecule has 1 heterocycles. The maximum absolute atomic E-state index is 12.8. The number of amides is 1. The van der Waals surface area contributed by atoms with E-state index in [9.17, 15) is 9.59 Å². The number of halogens is 1. The maximum atomic E-state index is 12.8. The lowest BCUT2D eigenvalue weighted by molar-refractivity contribution is 0.101. The van der Waals surface area contributed by atoms with Crippen LogP contribution in [0.4, 0.5) is 5.69 Å². The van der Waals surface area contributed by atoms with Crippen molar-refractivity contribution in [1.29, 1.82) is 0 Å². The second-order valence-corrected chi connectivity index (χ2v) is 7.22. The van der Waals surface area contributed by atoms with Crippen LogP contribution in [-0.4, -0.2) is 18.8 Å². The highest BCUT2D eigenvalue weighted by Crippen LogP contribution is 2.30. The Kier molecular flexibility index (Phi) is 5.29. The summed E-state index contributed by atoms with van der Waals surface area (Å²) in [5.74, 6) is 0.477. The lowest BCUT2D eigenvalue weighted by Gasteiger charge is -2.06. The van der Waals surface area contributed by atoms with E-state index >= 15 is 0 Å². The van der Waals surface area contributed by atoms with Crippen LogP contribution in [0.25, 0.3) is 11.0 Å². The van der Waals surface area contributed by atoms with Crippen molar-refractivity contribution in [3.63, 3.8) is 0 Å². The summed E-state index contributed by atoms with van der Waals surface area (Å²) in [6, 6.07) is 18.8. The zero-order valence-electron chi connectivity index (χ0n) is 16.4. The third-order valence-electron chi connectivity index (χ3n) is 4.86. The summed E-state index contributed by atoms with van der Waals surface area (Å²) in [6.07, 6.45) is 0. The Hall–Kier alpha value is -3.57. The third-order valence-corrected chi connectivity index (χ3v) is 5.11. The molecule has 1 aromatic heterocycles. The second-order valence-electron chi connectivity index (χ2n) is 6.79. The molecule has 3 aromatic carbocycles. The molecule has 150 valence electrons. The van der Waals surface area contributed by atoms with Crippen molar-refractivity contribution in [1.82, 2.24) is 0 Å². The van der Waals surface area contributed by atoms with E-state index in [4.69, 9.17) is 20.8 Å². The molecule has 0 saturated heterocycles. The maximum Gasteiger partial charge on any atom is 0.255 e. The highest BCUT2D eigenvalue weighted by molar-refractivity contribution is 6.30. The molecule has 0 radical (unpaired) electrons. The number of furan rings is 1. The SMILES string of the molecule is COc1ccc(C(=O)Nc2ccc3c(C)c(C(=O)c4ccc(Cl)cc4)oc3c2)cc1. The number of methoxy groups -OCH3 is 1. The van der Waals surface area contributed by atoms with Gasteiger partial charge in [-0.15, -0.1) is 0 Å². The molecule has 0 bridgehead atoms. The molecule has 5 nitrogen and oxygen atoms in total. The van der Waals surface area contributed by atoms with Gasteiger partial charge < -0.3 is 14.5 Å². The van der Waals surface area contributed by atoms with Gasteiger partial charge in [0.1, 0.15) is 11.3 Å². The predicted octanol–water partition coefficient (Wildman–Crippen LogP) is 5.89. The van der Waals surface area contributed by atoms with E-state index in [1.807, 2.05) is 13.0 Å². The molecule has 0 aliphatic rings. The van der Waals surface area contributed by atoms with Gasteiger partial charge in [0, 0.05) is 38.9 Å². The number of hydrogen-bond acceptors (Lipinski definition) is 4. The Bertz CT molecular complexity index is 1240. The van der Waals surface area contributed by atoms with Crippen molar-refractivity contribution in [2.45, 2.75) is 6.92 Å². The van der Waals surface area contributed by atoms with Gasteiger partial charge in [-0.25, -0.2) is 0 Å². The van der Waals surface area contributed by atoms with E-state index in [-0.39, 0.29) is 17.5 Å². The molecule has 4 aromatic rings. The molecule has 0 spiro atoms. The normalized spacial score (nSPS) is 10.8. The summed E-state index contributed by atoms with van der Waals surface area (Å²) >= 11 is 5.90. The lowest BCUT2D eigenvalue weighted by Crippen LogP contribution is -2.11. The van der Waals surface area contributed by atoms with Crippen molar-refractivity contribution < 1.29 is 18.7 Å². The minimum absolute atomic E-state index is 0.218. The first-order chi connectivity index (χ1) is 14.5. The van der Waals surface area contributed by atoms with Crippen molar-refractivity contribution in [3.05, 3.63) is 94.2 Å². The van der Waals surface area contributed by atoms with Gasteiger partial charge in [-0.05, 0) is 67.6 Å². The van der Waals surface area contributed by atoms with Crippen LogP contribution in [0.3, 0.4) is 0 Å². The fourth-order valence-electron chi connectivity index (χ4n) is 3.20. The highest BCUT2D eigenvalue weighted by atomic mass is 35.5. The summed E-state index contributed by atoms with van der Waals surface area (Å²) in [5, 5.41) is 4.22. The monoisotopic (exact) mass is 419 g/mol. The van der Waals surface area contributed by atoms with Gasteiger partial charge in [-0.2, -0.15) is 0 Å². The van der Waals surface area contributed by atoms with Gasteiger partial charge in [0.25, 0.3) is 5.91 Å². The van der Waals surface area contributed by atoms with Crippen molar-refractivity contribution in [3.8, 4) is 5.75 Å². The van der Waals surface area contributed by atoms with Gasteiger partial charge in [-0.1, -0.05) is 11.6 Å². The van der Waals surface area contributed by atoms with E-state index in [1.54, 1.807) is 67.8 Å². The lowest BCUT2D eigenvalue weighted by atomic mass is 10.0. The summed E-state index contributed by atoms with van der Waals surface area (Å²) < 4.78 is 11.0. The molecule has 0 fully saturated rings. The number of nitrogens with one attached hydrogen (secondary N) is 1. The van der Waals surface area contributed by atoms with Gasteiger partial charge >= 0.3 is 0 Å². The number of ketones is 1. The molecule has 0 atom stereocenters. The largest absolute Gasteiger partial charge is 0.497 e. The Balaban J connectivity index is 1.60. The van der Waals surface area contributed by atoms with Gasteiger partial charge in [0.15, 0.2) is 5.76 Å². The molecule has 4 rings (SSSR count). The number of carbonyl (C=O) groups excluding carboxylic acids is 2. The van der Waals surface area contributed by atoms with E-state index in [1.165, 1.54) is 0 Å². The molecule has 0 saturated carbocycles. The van der Waals surface area contributed by atoms with Crippen LogP contribution in [-0.2, 0) is 0 Å². The summed E-state index contributed by atoms with van der Waals surface area (Å²) in [4.78, 5) is 25.3. The van der Waals surface area contributed by atoms with Crippen LogP contribution in [0, 0.1) is 6.92 Å². The van der Waals surface area contributed by atoms with Crippen LogP contribution in [0.5, 0.6) is 5.75 Å². The number of hydrogen-bond donors (Lipinski definition) is 1. The first-order valence-electron chi connectivity index (χ1n) is 9.25. The van der Waals surface area contributed by atoms with Crippen molar-refractivity contribution in [2.24, 2.45) is 0 Å². The molecule has 6 heteroatoms. The molecule has 0 aliphatic heterocycles. The fraction of sp³-hybridized carbons (Fsp3) is 0.0833. The van der Waals surface area contributed by atoms with Crippen LogP contribution in [0.15, 0.2) is 71.1 Å². The first-order valence-corrected chi connectivity index (χ1v) is 9.63. The number of carbonyl (C=O) groups is 2. The number of anilines is 1. The molecule has 1 amide bonds. The summed E-state index contributed by atoms with van der Waals surface area (Å²) in [7, 11) is 1.57. The number of rotatable bonds is 5. The molecule has 1 N–H and O–H groups in total. The standard InChI is InChI=1S/C24H18ClNO4/c1-14-20-12-9-18(26-24(28)16-5-10-19(29-2)11-6-16)13-21(20)30-23(14)22(27)15-3-7-17(25)8-4-15/h3-13H,1-2H3,(H,26,28). The predicted molar refractivity (Wildman–Crippen MR) is 117 cm³/mol. The van der Waals surface area contributed by atoms with Crippen LogP contribution in [0.2, 0.25) is 5.02 Å². The van der Waals surface area contributed by atoms with E-state index in [0.29, 0.717) is 33.2 Å². The average molecular weight is 420 g/mol. The smallest absolute Gasteiger partial charge is 0.255 e. The number of ether oxygens (including phenoxy) is 1. The topological polar surface area (TPSA) is 68.5 Å². The second kappa shape index (κ2) is 8.05. The number of aryl methyl sites for hydroxylation is 1. The molecule has 30 heavy (non-hydrogen) atoms. The van der Waals surface area contributed by atoms with E-state index in [0.717, 1.165) is 10.9 Å². The molecular formula is C24H18ClNO4. The van der Waals surface area contributed by atoms with Crippen molar-refractivity contribution >= 4 is 39.9 Å². The minimum Gasteiger partial charge on any atom is -0.497 e. The number of benzene rings is 3. The first kappa shape index (κ1) is 19.7. The molecular weight excluding hydrogens is 402 g/mol. The summed E-state index contributed by atoms with van der Waals surface area (Å²) in [6.45, 7) is 1.84. The zero-order chi connectivity index (χ0) is 21.3. The Morgan fingerprint density at radius 3 is 2.27 bits per heavy atom. The van der Waals surface area contributed by atoms with Crippen LogP contribution in [0.1, 0.15) is 32.0 Å². The fourth-order valence-corrected chi connectivity index (χ4v) is 3.32. The van der Waals surface area contributed by atoms with Gasteiger partial charge in [-0.3, -0.25) is 9.59 Å². The minimum atomic E-state index is -0.252. The van der Waals surface area contributed by atoms with E-state index < -0.39 is 0 Å². The van der Waals surface area contributed by atoms with Gasteiger partial charge in [0.2, 0.25) is 5.78 Å². The van der Waals surface area contributed by atoms with Gasteiger partial charge in [0.05, 0.1) is 7.11 Å². The average Bonchev–Trinajstić information content (AvgIpc) is 3.09. The quantitative estimate of drug-likeness (QED) is 0.410. The van der Waals surface area contributed by atoms with Crippen molar-refractivity contribution in [2.75, 3.05) is 12.4 Å². The number of fused-ring (bicyclic) bond motifs is 1. The molecule has 0 unspecified atom stereocenters. The Morgan fingerprint density at radius 1 is 0.933 bits per heavy atom. The molecule has 0 aliphatic carbocycles. The zero-order valence-corrected chi connectivity index (χ0v) is 17.1. The Labute approximate surface area is 178 Å². The third kappa shape index (κ3) is 3.80. The van der Waals surface area contributed by atoms with Crippen LogP contribution >= 0.6 is 11.6 Å². The van der Waals surface area contributed by atoms with E-state index in [2.05, 4.69) is 5.32 Å². The highest BCUT2D eigenvalue weighted by Gasteiger charge is 2.19.